The van der Waals surface area contributed by atoms with Crippen LogP contribution >= 0.6 is 11.6 Å². The number of nitrogens with zero attached hydrogens (tertiary/aromatic N) is 2. The number of halogens is 2. The number of anilines is 1. The van der Waals surface area contributed by atoms with Crippen molar-refractivity contribution >= 4 is 17.3 Å². The molecule has 1 heterocycles. The number of hydrogen-bond acceptors (Lipinski definition) is 4. The molecule has 0 radical (unpaired) electrons. The summed E-state index contributed by atoms with van der Waals surface area (Å²) < 4.78 is 19.3. The van der Waals surface area contributed by atoms with E-state index in [-0.39, 0.29) is 5.82 Å². The van der Waals surface area contributed by atoms with E-state index in [1.165, 1.54) is 12.1 Å². The molecule has 1 atom stereocenters. The molecule has 0 bridgehead atoms. The summed E-state index contributed by atoms with van der Waals surface area (Å²) in [6.07, 6.45) is 0. The first-order valence-electron chi connectivity index (χ1n) is 8.35. The lowest BCUT2D eigenvalue weighted by atomic mass is 10.1. The van der Waals surface area contributed by atoms with E-state index in [1.807, 2.05) is 42.5 Å². The maximum absolute atomic E-state index is 13.4. The van der Waals surface area contributed by atoms with Gasteiger partial charge in [0.2, 0.25) is 11.8 Å². The van der Waals surface area contributed by atoms with Crippen LogP contribution in [0.4, 0.5) is 10.1 Å². The van der Waals surface area contributed by atoms with Crippen LogP contribution in [0.3, 0.4) is 0 Å². The third-order valence-electron chi connectivity index (χ3n) is 4.07. The minimum absolute atomic E-state index is 0.306. The summed E-state index contributed by atoms with van der Waals surface area (Å²) in [6.45, 7) is 0. The number of hydrogen-bond donors (Lipinski definition) is 1. The SMILES string of the molecule is Fc1ccc([C@@H](Nc2ccc(Cl)cc2)c2nnc(-c3ccccc3)o2)cc1. The average molecular weight is 380 g/mol. The lowest BCUT2D eigenvalue weighted by molar-refractivity contribution is 0.494. The van der Waals surface area contributed by atoms with Crippen LogP contribution in [0, 0.1) is 5.82 Å². The Hall–Kier alpha value is -3.18. The van der Waals surface area contributed by atoms with Gasteiger partial charge in [0.25, 0.3) is 0 Å². The number of benzene rings is 3. The second-order valence-electron chi connectivity index (χ2n) is 5.95. The van der Waals surface area contributed by atoms with Crippen LogP contribution in [0.5, 0.6) is 0 Å². The van der Waals surface area contributed by atoms with Crippen molar-refractivity contribution in [3.05, 3.63) is 101 Å². The van der Waals surface area contributed by atoms with E-state index in [1.54, 1.807) is 24.3 Å². The Morgan fingerprint density at radius 3 is 2.26 bits per heavy atom. The van der Waals surface area contributed by atoms with Gasteiger partial charge < -0.3 is 9.73 Å². The minimum Gasteiger partial charge on any atom is -0.418 e. The van der Waals surface area contributed by atoms with Crippen molar-refractivity contribution in [2.24, 2.45) is 0 Å². The van der Waals surface area contributed by atoms with Crippen molar-refractivity contribution in [3.8, 4) is 11.5 Å². The van der Waals surface area contributed by atoms with Crippen LogP contribution in [-0.2, 0) is 0 Å². The first-order valence-corrected chi connectivity index (χ1v) is 8.73. The molecular weight excluding hydrogens is 365 g/mol. The van der Waals surface area contributed by atoms with E-state index >= 15 is 0 Å². The van der Waals surface area contributed by atoms with Crippen molar-refractivity contribution in [1.82, 2.24) is 10.2 Å². The molecule has 0 spiro atoms. The summed E-state index contributed by atoms with van der Waals surface area (Å²) in [7, 11) is 0. The molecule has 4 aromatic rings. The Balaban J connectivity index is 1.70. The van der Waals surface area contributed by atoms with Gasteiger partial charge in [-0.3, -0.25) is 0 Å². The quantitative estimate of drug-likeness (QED) is 0.481. The molecule has 4 rings (SSSR count). The molecule has 0 unspecified atom stereocenters. The molecule has 3 aromatic carbocycles. The van der Waals surface area contributed by atoms with Gasteiger partial charge in [-0.05, 0) is 54.1 Å². The first kappa shape index (κ1) is 17.2. The van der Waals surface area contributed by atoms with Crippen molar-refractivity contribution in [1.29, 1.82) is 0 Å². The molecular formula is C21H15ClFN3O. The molecule has 0 aliphatic carbocycles. The maximum Gasteiger partial charge on any atom is 0.247 e. The fourth-order valence-electron chi connectivity index (χ4n) is 2.70. The van der Waals surface area contributed by atoms with Gasteiger partial charge in [-0.15, -0.1) is 10.2 Å². The largest absolute Gasteiger partial charge is 0.418 e. The molecule has 27 heavy (non-hydrogen) atoms. The summed E-state index contributed by atoms with van der Waals surface area (Å²) in [5, 5.41) is 12.3. The van der Waals surface area contributed by atoms with Gasteiger partial charge in [0.05, 0.1) is 0 Å². The molecule has 0 saturated heterocycles. The third kappa shape index (κ3) is 3.99. The number of rotatable bonds is 5. The molecule has 134 valence electrons. The number of aromatic nitrogens is 2. The highest BCUT2D eigenvalue weighted by Gasteiger charge is 2.21. The van der Waals surface area contributed by atoms with Gasteiger partial charge in [-0.2, -0.15) is 0 Å². The van der Waals surface area contributed by atoms with Crippen LogP contribution in [0.1, 0.15) is 17.5 Å². The minimum atomic E-state index is -0.434. The predicted octanol–water partition coefficient (Wildman–Crippen LogP) is 5.73. The Kier molecular flexibility index (Phi) is 4.85. The predicted molar refractivity (Wildman–Crippen MR) is 103 cm³/mol. The van der Waals surface area contributed by atoms with Crippen LogP contribution in [-0.4, -0.2) is 10.2 Å². The van der Waals surface area contributed by atoms with Gasteiger partial charge in [0, 0.05) is 16.3 Å². The van der Waals surface area contributed by atoms with E-state index in [0.29, 0.717) is 16.8 Å². The fourth-order valence-corrected chi connectivity index (χ4v) is 2.83. The van der Waals surface area contributed by atoms with E-state index in [4.69, 9.17) is 16.0 Å². The first-order chi connectivity index (χ1) is 13.2. The second-order valence-corrected chi connectivity index (χ2v) is 6.38. The summed E-state index contributed by atoms with van der Waals surface area (Å²) in [6, 6.07) is 22.6. The highest BCUT2D eigenvalue weighted by molar-refractivity contribution is 6.30. The molecule has 6 heteroatoms. The monoisotopic (exact) mass is 379 g/mol. The number of nitrogens with one attached hydrogen (secondary N) is 1. The molecule has 0 aliphatic rings. The van der Waals surface area contributed by atoms with Crippen molar-refractivity contribution < 1.29 is 8.81 Å². The summed E-state index contributed by atoms with van der Waals surface area (Å²) in [4.78, 5) is 0. The lowest BCUT2D eigenvalue weighted by Crippen LogP contribution is -2.13. The highest BCUT2D eigenvalue weighted by atomic mass is 35.5. The zero-order valence-electron chi connectivity index (χ0n) is 14.1. The standard InChI is InChI=1S/C21H15ClFN3O/c22-16-8-12-18(13-9-16)24-19(14-6-10-17(23)11-7-14)21-26-25-20(27-21)15-4-2-1-3-5-15/h1-13,19,24H/t19-/m1/s1. The Morgan fingerprint density at radius 1 is 0.852 bits per heavy atom. The van der Waals surface area contributed by atoms with E-state index < -0.39 is 6.04 Å². The van der Waals surface area contributed by atoms with Gasteiger partial charge in [0.15, 0.2) is 0 Å². The molecule has 4 nitrogen and oxygen atoms in total. The van der Waals surface area contributed by atoms with Crippen molar-refractivity contribution in [3.63, 3.8) is 0 Å². The van der Waals surface area contributed by atoms with E-state index in [0.717, 1.165) is 16.8 Å². The highest BCUT2D eigenvalue weighted by Crippen LogP contribution is 2.29. The summed E-state index contributed by atoms with van der Waals surface area (Å²) >= 11 is 5.96. The van der Waals surface area contributed by atoms with Crippen LogP contribution in [0.2, 0.25) is 5.02 Å². The zero-order chi connectivity index (χ0) is 18.6. The normalized spacial score (nSPS) is 11.9. The molecule has 0 amide bonds. The Labute approximate surface area is 160 Å². The molecule has 0 aliphatic heterocycles. The summed E-state index contributed by atoms with van der Waals surface area (Å²) in [5.74, 6) is 0.505. The average Bonchev–Trinajstić information content (AvgIpc) is 3.19. The third-order valence-corrected chi connectivity index (χ3v) is 4.32. The van der Waals surface area contributed by atoms with Gasteiger partial charge in [-0.25, -0.2) is 4.39 Å². The second kappa shape index (κ2) is 7.60. The molecule has 1 N–H and O–H groups in total. The fraction of sp³-hybridized carbons (Fsp3) is 0.0476. The summed E-state index contributed by atoms with van der Waals surface area (Å²) in [5.41, 5.74) is 2.46. The Morgan fingerprint density at radius 2 is 1.56 bits per heavy atom. The zero-order valence-corrected chi connectivity index (χ0v) is 14.9. The van der Waals surface area contributed by atoms with E-state index in [2.05, 4.69) is 15.5 Å². The molecule has 1 aromatic heterocycles. The van der Waals surface area contributed by atoms with Crippen LogP contribution in [0.25, 0.3) is 11.5 Å². The maximum atomic E-state index is 13.4. The van der Waals surface area contributed by atoms with Crippen molar-refractivity contribution in [2.45, 2.75) is 6.04 Å². The van der Waals surface area contributed by atoms with Crippen LogP contribution in [0.15, 0.2) is 83.3 Å². The Bertz CT molecular complexity index is 1020. The topological polar surface area (TPSA) is 51.0 Å². The molecule has 0 saturated carbocycles. The van der Waals surface area contributed by atoms with Crippen molar-refractivity contribution in [2.75, 3.05) is 5.32 Å². The van der Waals surface area contributed by atoms with Crippen LogP contribution < -0.4 is 5.32 Å². The smallest absolute Gasteiger partial charge is 0.247 e. The van der Waals surface area contributed by atoms with Gasteiger partial charge in [-0.1, -0.05) is 41.9 Å². The van der Waals surface area contributed by atoms with Gasteiger partial charge >= 0.3 is 0 Å². The van der Waals surface area contributed by atoms with E-state index in [9.17, 15) is 4.39 Å². The molecule has 0 fully saturated rings. The lowest BCUT2D eigenvalue weighted by Gasteiger charge is -2.17. The van der Waals surface area contributed by atoms with Gasteiger partial charge in [0.1, 0.15) is 11.9 Å².